The fraction of sp³-hybridized carbons (Fsp3) is 0.353. The number of halogens is 1. The predicted octanol–water partition coefficient (Wildman–Crippen LogP) is 3.12. The number of ether oxygens (including phenoxy) is 2. The van der Waals surface area contributed by atoms with Crippen LogP contribution in [-0.2, 0) is 4.74 Å². The molecule has 8 nitrogen and oxygen atoms in total. The van der Waals surface area contributed by atoms with Gasteiger partial charge in [-0.05, 0) is 31.4 Å². The zero-order valence-corrected chi connectivity index (χ0v) is 14.1. The number of nitrogens with zero attached hydrogens (tertiary/aromatic N) is 4. The number of hydrogen-bond donors (Lipinski definition) is 2. The normalized spacial score (nSPS) is 17.4. The van der Waals surface area contributed by atoms with Gasteiger partial charge in [0.1, 0.15) is 6.23 Å². The van der Waals surface area contributed by atoms with Gasteiger partial charge in [-0.15, -0.1) is 0 Å². The monoisotopic (exact) mass is 359 g/mol. The first kappa shape index (κ1) is 16.5. The predicted molar refractivity (Wildman–Crippen MR) is 92.1 cm³/mol. The Balaban J connectivity index is 1.75. The average molecular weight is 359 g/mol. The van der Waals surface area contributed by atoms with Gasteiger partial charge in [-0.25, -0.2) is 4.98 Å². The number of para-hydroxylation sites is 1. The third-order valence-corrected chi connectivity index (χ3v) is 4.33. The van der Waals surface area contributed by atoms with Gasteiger partial charge in [0.15, 0.2) is 28.5 Å². The molecule has 1 saturated heterocycles. The Morgan fingerprint density at radius 2 is 2.23 bits per heavy atom. The zero-order chi connectivity index (χ0) is 18.1. The Morgan fingerprint density at radius 1 is 1.35 bits per heavy atom. The van der Waals surface area contributed by atoms with Gasteiger partial charge in [0.05, 0.1) is 19.1 Å². The maximum Gasteiger partial charge on any atom is 0.312 e. The van der Waals surface area contributed by atoms with E-state index in [0.29, 0.717) is 29.2 Å². The van der Waals surface area contributed by atoms with Crippen LogP contribution in [0.1, 0.15) is 25.5 Å². The van der Waals surface area contributed by atoms with Crippen LogP contribution in [0.3, 0.4) is 0 Å². The van der Waals surface area contributed by atoms with E-state index in [-0.39, 0.29) is 17.8 Å². The summed E-state index contributed by atoms with van der Waals surface area (Å²) in [6, 6.07) is 4.95. The van der Waals surface area contributed by atoms with Crippen molar-refractivity contribution in [1.82, 2.24) is 19.5 Å². The summed E-state index contributed by atoms with van der Waals surface area (Å²) in [6.45, 7) is 0.653. The van der Waals surface area contributed by atoms with Crippen molar-refractivity contribution in [2.75, 3.05) is 19.0 Å². The van der Waals surface area contributed by atoms with E-state index in [9.17, 15) is 9.50 Å². The number of rotatable bonds is 4. The molecule has 4 rings (SSSR count). The molecule has 26 heavy (non-hydrogen) atoms. The van der Waals surface area contributed by atoms with Gasteiger partial charge in [0.25, 0.3) is 0 Å². The number of benzene rings is 1. The van der Waals surface area contributed by atoms with Crippen molar-refractivity contribution < 1.29 is 19.0 Å². The highest BCUT2D eigenvalue weighted by Crippen LogP contribution is 2.36. The van der Waals surface area contributed by atoms with Crippen LogP contribution in [0.4, 0.5) is 15.9 Å². The third-order valence-electron chi connectivity index (χ3n) is 4.33. The summed E-state index contributed by atoms with van der Waals surface area (Å²) in [5, 5.41) is 13.1. The summed E-state index contributed by atoms with van der Waals surface area (Å²) in [6.07, 6.45) is 3.32. The Bertz CT molecular complexity index is 940. The van der Waals surface area contributed by atoms with Gasteiger partial charge in [0.2, 0.25) is 0 Å². The quantitative estimate of drug-likeness (QED) is 0.546. The van der Waals surface area contributed by atoms with Crippen LogP contribution >= 0.6 is 0 Å². The molecule has 3 aromatic rings. The number of aromatic nitrogens is 4. The first-order chi connectivity index (χ1) is 12.7. The molecule has 1 aliphatic heterocycles. The molecule has 2 aromatic heterocycles. The van der Waals surface area contributed by atoms with Crippen LogP contribution in [0.2, 0.25) is 0 Å². The summed E-state index contributed by atoms with van der Waals surface area (Å²) in [5.41, 5.74) is 1.06. The topological polar surface area (TPSA) is 94.3 Å². The van der Waals surface area contributed by atoms with Gasteiger partial charge in [-0.2, -0.15) is 14.4 Å². The third kappa shape index (κ3) is 2.90. The molecule has 1 aromatic carbocycles. The summed E-state index contributed by atoms with van der Waals surface area (Å²) >= 11 is 0. The fourth-order valence-corrected chi connectivity index (χ4v) is 3.05. The average Bonchev–Trinajstić information content (AvgIpc) is 3.08. The maximum atomic E-state index is 14.0. The Hall–Kier alpha value is -2.94. The SMILES string of the molecule is COc1cccc(Nc2nc(F)nc3c2ncn3C2CCCCO2)c1O. The molecular weight excluding hydrogens is 341 g/mol. The van der Waals surface area contributed by atoms with E-state index in [0.717, 1.165) is 19.3 Å². The van der Waals surface area contributed by atoms with Gasteiger partial charge in [-0.1, -0.05) is 6.07 Å². The number of imidazole rings is 1. The minimum Gasteiger partial charge on any atom is -0.503 e. The van der Waals surface area contributed by atoms with Crippen LogP contribution in [-0.4, -0.2) is 38.3 Å². The number of hydrogen-bond acceptors (Lipinski definition) is 7. The highest BCUT2D eigenvalue weighted by Gasteiger charge is 2.22. The van der Waals surface area contributed by atoms with E-state index in [1.807, 2.05) is 0 Å². The van der Waals surface area contributed by atoms with Crippen LogP contribution in [0.5, 0.6) is 11.5 Å². The van der Waals surface area contributed by atoms with E-state index in [2.05, 4.69) is 20.3 Å². The lowest BCUT2D eigenvalue weighted by molar-refractivity contribution is -0.0298. The molecule has 2 N–H and O–H groups in total. The second-order valence-electron chi connectivity index (χ2n) is 5.97. The lowest BCUT2D eigenvalue weighted by Crippen LogP contribution is -2.18. The van der Waals surface area contributed by atoms with E-state index in [1.165, 1.54) is 7.11 Å². The number of phenolic OH excluding ortho intramolecular Hbond substituents is 1. The summed E-state index contributed by atoms with van der Waals surface area (Å²) in [4.78, 5) is 12.0. The lowest BCUT2D eigenvalue weighted by atomic mass is 10.2. The van der Waals surface area contributed by atoms with Gasteiger partial charge >= 0.3 is 6.08 Å². The van der Waals surface area contributed by atoms with Crippen molar-refractivity contribution in [3.05, 3.63) is 30.6 Å². The van der Waals surface area contributed by atoms with Crippen molar-refractivity contribution in [2.24, 2.45) is 0 Å². The molecule has 1 aliphatic rings. The van der Waals surface area contributed by atoms with Crippen molar-refractivity contribution in [2.45, 2.75) is 25.5 Å². The molecule has 0 saturated carbocycles. The first-order valence-corrected chi connectivity index (χ1v) is 8.32. The largest absolute Gasteiger partial charge is 0.503 e. The maximum absolute atomic E-state index is 14.0. The minimum absolute atomic E-state index is 0.0998. The number of aromatic hydroxyl groups is 1. The van der Waals surface area contributed by atoms with Crippen LogP contribution in [0.15, 0.2) is 24.5 Å². The molecule has 1 fully saturated rings. The standard InChI is InChI=1S/C17H18FN5O3/c1-25-11-6-4-5-10(14(11)24)20-15-13-16(22-17(18)21-15)23(9-19-13)12-7-2-3-8-26-12/h4-6,9,12,24H,2-3,7-8H2,1H3,(H,20,21,22). The molecule has 1 unspecified atom stereocenters. The summed E-state index contributed by atoms with van der Waals surface area (Å²) < 4.78 is 26.6. The van der Waals surface area contributed by atoms with Crippen LogP contribution in [0, 0.1) is 6.08 Å². The highest BCUT2D eigenvalue weighted by molar-refractivity contribution is 5.86. The van der Waals surface area contributed by atoms with Gasteiger partial charge < -0.3 is 19.9 Å². The molecule has 9 heteroatoms. The molecule has 1 atom stereocenters. The molecule has 0 aliphatic carbocycles. The number of methoxy groups -OCH3 is 1. The summed E-state index contributed by atoms with van der Waals surface area (Å²) in [5.74, 6) is 0.352. The Labute approximate surface area is 148 Å². The molecule has 0 spiro atoms. The Morgan fingerprint density at radius 3 is 3.00 bits per heavy atom. The summed E-state index contributed by atoms with van der Waals surface area (Å²) in [7, 11) is 1.45. The molecule has 0 amide bonds. The van der Waals surface area contributed by atoms with E-state index in [4.69, 9.17) is 9.47 Å². The molecule has 0 radical (unpaired) electrons. The molecule has 136 valence electrons. The van der Waals surface area contributed by atoms with Crippen molar-refractivity contribution in [3.63, 3.8) is 0 Å². The van der Waals surface area contributed by atoms with Crippen LogP contribution in [0.25, 0.3) is 11.2 Å². The molecule has 3 heterocycles. The molecular formula is C17H18FN5O3. The second-order valence-corrected chi connectivity index (χ2v) is 5.97. The van der Waals surface area contributed by atoms with Gasteiger partial charge in [0, 0.05) is 6.61 Å². The first-order valence-electron chi connectivity index (χ1n) is 8.32. The number of nitrogens with one attached hydrogen (secondary N) is 1. The van der Waals surface area contributed by atoms with E-state index < -0.39 is 6.08 Å². The van der Waals surface area contributed by atoms with Crippen LogP contribution < -0.4 is 10.1 Å². The van der Waals surface area contributed by atoms with Crippen molar-refractivity contribution in [3.8, 4) is 11.5 Å². The molecule has 0 bridgehead atoms. The lowest BCUT2D eigenvalue weighted by Gasteiger charge is -2.23. The fourth-order valence-electron chi connectivity index (χ4n) is 3.05. The number of phenols is 1. The van der Waals surface area contributed by atoms with Crippen molar-refractivity contribution in [1.29, 1.82) is 0 Å². The zero-order valence-electron chi connectivity index (χ0n) is 14.1. The highest BCUT2D eigenvalue weighted by atomic mass is 19.1. The second kappa shape index (κ2) is 6.75. The van der Waals surface area contributed by atoms with E-state index in [1.54, 1.807) is 29.1 Å². The Kier molecular flexibility index (Phi) is 4.29. The number of fused-ring (bicyclic) bond motifs is 1. The van der Waals surface area contributed by atoms with Gasteiger partial charge in [-0.3, -0.25) is 4.57 Å². The smallest absolute Gasteiger partial charge is 0.312 e. The van der Waals surface area contributed by atoms with E-state index >= 15 is 0 Å². The van der Waals surface area contributed by atoms with Crippen molar-refractivity contribution >= 4 is 22.7 Å². The minimum atomic E-state index is -0.889. The number of anilines is 2.